The standard InChI is InChI=1S/C20H25N3O5/c1-4-17(28-3)19(24)22-10-9-16-15(12-22)18(20(25)26)21-23(16)11-13-5-7-14(27-2)8-6-13/h5-8,17H,4,9-12H2,1-3H3,(H,25,26). The normalized spacial score (nSPS) is 14.5. The van der Waals surface area contributed by atoms with Gasteiger partial charge in [0.05, 0.1) is 13.7 Å². The minimum atomic E-state index is -1.09. The van der Waals surface area contributed by atoms with Crippen LogP contribution in [0.25, 0.3) is 0 Å². The van der Waals surface area contributed by atoms with Crippen LogP contribution in [0.15, 0.2) is 24.3 Å². The fourth-order valence-electron chi connectivity index (χ4n) is 3.53. The Labute approximate surface area is 163 Å². The summed E-state index contributed by atoms with van der Waals surface area (Å²) in [5.74, 6) is -0.442. The Hall–Kier alpha value is -2.87. The fourth-order valence-corrected chi connectivity index (χ4v) is 3.53. The molecular formula is C20H25N3O5. The van der Waals surface area contributed by atoms with Gasteiger partial charge in [0.25, 0.3) is 5.91 Å². The number of ether oxygens (including phenoxy) is 2. The molecule has 1 unspecified atom stereocenters. The van der Waals surface area contributed by atoms with Crippen molar-refractivity contribution in [2.45, 2.75) is 39.0 Å². The number of nitrogens with zero attached hydrogens (tertiary/aromatic N) is 3. The van der Waals surface area contributed by atoms with Crippen molar-refractivity contribution in [2.75, 3.05) is 20.8 Å². The van der Waals surface area contributed by atoms with E-state index in [0.29, 0.717) is 31.5 Å². The molecule has 8 nitrogen and oxygen atoms in total. The van der Waals surface area contributed by atoms with Crippen LogP contribution < -0.4 is 4.74 Å². The van der Waals surface area contributed by atoms with Crippen molar-refractivity contribution in [2.24, 2.45) is 0 Å². The SMILES string of the molecule is CCC(OC)C(=O)N1CCc2c(c(C(=O)O)nn2Cc2ccc(OC)cc2)C1. The number of aromatic carboxylic acids is 1. The molecule has 1 N–H and O–H groups in total. The number of carboxylic acid groups (broad SMARTS) is 1. The van der Waals surface area contributed by atoms with Crippen LogP contribution >= 0.6 is 0 Å². The number of carbonyl (C=O) groups is 2. The van der Waals surface area contributed by atoms with Gasteiger partial charge >= 0.3 is 5.97 Å². The summed E-state index contributed by atoms with van der Waals surface area (Å²) in [6, 6.07) is 7.58. The van der Waals surface area contributed by atoms with Gasteiger partial charge in [-0.15, -0.1) is 0 Å². The number of benzene rings is 1. The third-order valence-corrected chi connectivity index (χ3v) is 5.07. The van der Waals surface area contributed by atoms with Gasteiger partial charge in [-0.25, -0.2) is 4.79 Å². The first-order chi connectivity index (χ1) is 13.5. The summed E-state index contributed by atoms with van der Waals surface area (Å²) in [6.45, 7) is 3.09. The molecule has 0 fully saturated rings. The first kappa shape index (κ1) is 19.9. The molecule has 2 heterocycles. The first-order valence-corrected chi connectivity index (χ1v) is 9.24. The highest BCUT2D eigenvalue weighted by Crippen LogP contribution is 2.25. The number of hydrogen-bond acceptors (Lipinski definition) is 5. The molecule has 28 heavy (non-hydrogen) atoms. The van der Waals surface area contributed by atoms with E-state index >= 15 is 0 Å². The molecule has 0 radical (unpaired) electrons. The predicted molar refractivity (Wildman–Crippen MR) is 101 cm³/mol. The number of amides is 1. The molecule has 1 aromatic heterocycles. The molecule has 0 spiro atoms. The van der Waals surface area contributed by atoms with Crippen LogP contribution in [0.4, 0.5) is 0 Å². The third-order valence-electron chi connectivity index (χ3n) is 5.07. The van der Waals surface area contributed by atoms with Gasteiger partial charge < -0.3 is 19.5 Å². The quantitative estimate of drug-likeness (QED) is 0.780. The number of aromatic nitrogens is 2. The van der Waals surface area contributed by atoms with Gasteiger partial charge in [0.15, 0.2) is 5.69 Å². The Morgan fingerprint density at radius 2 is 1.96 bits per heavy atom. The maximum absolute atomic E-state index is 12.6. The van der Waals surface area contributed by atoms with E-state index in [2.05, 4.69) is 5.10 Å². The second-order valence-corrected chi connectivity index (χ2v) is 6.73. The van der Waals surface area contributed by atoms with Crippen molar-refractivity contribution in [3.63, 3.8) is 0 Å². The molecule has 1 aromatic carbocycles. The maximum Gasteiger partial charge on any atom is 0.356 e. The predicted octanol–water partition coefficient (Wildman–Crippen LogP) is 1.95. The van der Waals surface area contributed by atoms with E-state index in [1.165, 1.54) is 7.11 Å². The summed E-state index contributed by atoms with van der Waals surface area (Å²) < 4.78 is 12.1. The molecule has 0 bridgehead atoms. The van der Waals surface area contributed by atoms with Gasteiger partial charge in [0.2, 0.25) is 0 Å². The van der Waals surface area contributed by atoms with Crippen LogP contribution in [0.2, 0.25) is 0 Å². The number of hydrogen-bond donors (Lipinski definition) is 1. The highest BCUT2D eigenvalue weighted by atomic mass is 16.5. The number of carboxylic acids is 1. The number of carbonyl (C=O) groups excluding carboxylic acids is 1. The lowest BCUT2D eigenvalue weighted by molar-refractivity contribution is -0.143. The van der Waals surface area contributed by atoms with Crippen molar-refractivity contribution in [3.05, 3.63) is 46.8 Å². The Kier molecular flexibility index (Phi) is 5.99. The lowest BCUT2D eigenvalue weighted by Gasteiger charge is -2.30. The van der Waals surface area contributed by atoms with Gasteiger partial charge in [-0.3, -0.25) is 9.48 Å². The smallest absolute Gasteiger partial charge is 0.356 e. The summed E-state index contributed by atoms with van der Waals surface area (Å²) in [4.78, 5) is 26.0. The Morgan fingerprint density at radius 3 is 2.54 bits per heavy atom. The number of fused-ring (bicyclic) bond motifs is 1. The third kappa shape index (κ3) is 3.87. The molecule has 150 valence electrons. The zero-order chi connectivity index (χ0) is 20.3. The molecule has 3 rings (SSSR count). The summed E-state index contributed by atoms with van der Waals surface area (Å²) in [7, 11) is 3.12. The highest BCUT2D eigenvalue weighted by molar-refractivity contribution is 5.88. The molecular weight excluding hydrogens is 362 g/mol. The van der Waals surface area contributed by atoms with E-state index in [4.69, 9.17) is 9.47 Å². The lowest BCUT2D eigenvalue weighted by Crippen LogP contribution is -2.43. The van der Waals surface area contributed by atoms with Crippen molar-refractivity contribution >= 4 is 11.9 Å². The minimum Gasteiger partial charge on any atom is -0.497 e. The van der Waals surface area contributed by atoms with E-state index in [1.54, 1.807) is 16.7 Å². The van der Waals surface area contributed by atoms with Crippen LogP contribution in [-0.4, -0.2) is 58.5 Å². The van der Waals surface area contributed by atoms with E-state index in [0.717, 1.165) is 17.0 Å². The van der Waals surface area contributed by atoms with Gasteiger partial charge in [-0.05, 0) is 24.1 Å². The van der Waals surface area contributed by atoms with Crippen molar-refractivity contribution in [1.82, 2.24) is 14.7 Å². The van der Waals surface area contributed by atoms with Crippen molar-refractivity contribution in [1.29, 1.82) is 0 Å². The average molecular weight is 387 g/mol. The molecule has 2 aromatic rings. The minimum absolute atomic E-state index is 0.00600. The molecule has 1 aliphatic heterocycles. The van der Waals surface area contributed by atoms with Crippen LogP contribution in [0.3, 0.4) is 0 Å². The topological polar surface area (TPSA) is 93.9 Å². The van der Waals surface area contributed by atoms with Gasteiger partial charge in [0, 0.05) is 37.9 Å². The van der Waals surface area contributed by atoms with E-state index in [-0.39, 0.29) is 18.1 Å². The average Bonchev–Trinajstić information content (AvgIpc) is 3.07. The zero-order valence-corrected chi connectivity index (χ0v) is 16.3. The number of rotatable bonds is 7. The molecule has 0 saturated heterocycles. The second-order valence-electron chi connectivity index (χ2n) is 6.73. The second kappa shape index (κ2) is 8.43. The van der Waals surface area contributed by atoms with Crippen LogP contribution in [0.5, 0.6) is 5.75 Å². The van der Waals surface area contributed by atoms with E-state index < -0.39 is 12.1 Å². The Bertz CT molecular complexity index is 855. The number of methoxy groups -OCH3 is 2. The molecule has 1 aliphatic rings. The first-order valence-electron chi connectivity index (χ1n) is 9.24. The largest absolute Gasteiger partial charge is 0.497 e. The monoisotopic (exact) mass is 387 g/mol. The summed E-state index contributed by atoms with van der Waals surface area (Å²) in [5.41, 5.74) is 2.47. The van der Waals surface area contributed by atoms with E-state index in [1.807, 2.05) is 31.2 Å². The summed E-state index contributed by atoms with van der Waals surface area (Å²) >= 11 is 0. The Balaban J connectivity index is 1.87. The van der Waals surface area contributed by atoms with E-state index in [9.17, 15) is 14.7 Å². The Morgan fingerprint density at radius 1 is 1.25 bits per heavy atom. The maximum atomic E-state index is 12.6. The summed E-state index contributed by atoms with van der Waals surface area (Å²) in [5, 5.41) is 13.9. The zero-order valence-electron chi connectivity index (χ0n) is 16.3. The molecule has 0 saturated carbocycles. The highest BCUT2D eigenvalue weighted by Gasteiger charge is 2.32. The molecule has 0 aliphatic carbocycles. The molecule has 8 heteroatoms. The van der Waals surface area contributed by atoms with Gasteiger partial charge in [0.1, 0.15) is 11.9 Å². The van der Waals surface area contributed by atoms with Crippen LogP contribution in [0.1, 0.15) is 40.7 Å². The fraction of sp³-hybridized carbons (Fsp3) is 0.450. The van der Waals surface area contributed by atoms with Crippen molar-refractivity contribution in [3.8, 4) is 5.75 Å². The molecule has 1 atom stereocenters. The van der Waals surface area contributed by atoms with Gasteiger partial charge in [-0.1, -0.05) is 19.1 Å². The van der Waals surface area contributed by atoms with Crippen molar-refractivity contribution < 1.29 is 24.2 Å². The lowest BCUT2D eigenvalue weighted by atomic mass is 10.0. The van der Waals surface area contributed by atoms with Gasteiger partial charge in [-0.2, -0.15) is 5.10 Å². The van der Waals surface area contributed by atoms with Crippen LogP contribution in [-0.2, 0) is 29.0 Å². The summed E-state index contributed by atoms with van der Waals surface area (Å²) in [6.07, 6.45) is 0.614. The van der Waals surface area contributed by atoms with Crippen LogP contribution in [0, 0.1) is 0 Å². The molecule has 1 amide bonds.